The Morgan fingerprint density at radius 2 is 2.33 bits per heavy atom. The number of hydrogen-bond donors (Lipinski definition) is 0. The maximum absolute atomic E-state index is 12.8. The van der Waals surface area contributed by atoms with Gasteiger partial charge in [0.2, 0.25) is 5.91 Å². The zero-order chi connectivity index (χ0) is 11.4. The summed E-state index contributed by atoms with van der Waals surface area (Å²) in [6, 6.07) is 5.46. The molecule has 0 heterocycles. The zero-order valence-corrected chi connectivity index (χ0v) is 8.75. The number of benzene rings is 1. The monoisotopic (exact) mass is 226 g/mol. The molecule has 0 aromatic heterocycles. The van der Waals surface area contributed by atoms with Crippen molar-refractivity contribution in [3.63, 3.8) is 0 Å². The predicted octanol–water partition coefficient (Wildman–Crippen LogP) is 1.90. The Morgan fingerprint density at radius 1 is 1.67 bits per heavy atom. The van der Waals surface area contributed by atoms with Gasteiger partial charge in [0.05, 0.1) is 11.3 Å². The standard InChI is InChI=1S/C10H8ClFN2O/c1-14(10(15)5-11)9-3-2-8(12)4-7(9)6-13/h2-4H,5H2,1H3. The molecule has 5 heteroatoms. The van der Waals surface area contributed by atoms with Gasteiger partial charge in [-0.15, -0.1) is 11.6 Å². The van der Waals surface area contributed by atoms with E-state index in [-0.39, 0.29) is 17.4 Å². The van der Waals surface area contributed by atoms with Crippen molar-refractivity contribution < 1.29 is 9.18 Å². The van der Waals surface area contributed by atoms with E-state index in [1.165, 1.54) is 24.1 Å². The molecule has 0 spiro atoms. The van der Waals surface area contributed by atoms with Crippen LogP contribution in [-0.4, -0.2) is 18.8 Å². The molecule has 0 radical (unpaired) electrons. The van der Waals surface area contributed by atoms with Gasteiger partial charge in [0.1, 0.15) is 17.8 Å². The first-order valence-corrected chi connectivity index (χ1v) is 4.65. The number of anilines is 1. The minimum Gasteiger partial charge on any atom is -0.313 e. The van der Waals surface area contributed by atoms with Crippen LogP contribution in [0.5, 0.6) is 0 Å². The van der Waals surface area contributed by atoms with Gasteiger partial charge in [-0.25, -0.2) is 4.39 Å². The molecule has 15 heavy (non-hydrogen) atoms. The van der Waals surface area contributed by atoms with E-state index in [4.69, 9.17) is 16.9 Å². The van der Waals surface area contributed by atoms with Crippen LogP contribution < -0.4 is 4.90 Å². The van der Waals surface area contributed by atoms with E-state index in [0.717, 1.165) is 6.07 Å². The largest absolute Gasteiger partial charge is 0.313 e. The van der Waals surface area contributed by atoms with Gasteiger partial charge in [0.15, 0.2) is 0 Å². The second-order valence-electron chi connectivity index (χ2n) is 2.86. The lowest BCUT2D eigenvalue weighted by atomic mass is 10.1. The summed E-state index contributed by atoms with van der Waals surface area (Å²) < 4.78 is 12.8. The minimum atomic E-state index is -0.512. The molecule has 1 aromatic rings. The third-order valence-corrected chi connectivity index (χ3v) is 2.16. The smallest absolute Gasteiger partial charge is 0.241 e. The van der Waals surface area contributed by atoms with Crippen LogP contribution in [0.3, 0.4) is 0 Å². The molecule has 0 bridgehead atoms. The molecule has 0 aliphatic rings. The Hall–Kier alpha value is -1.60. The number of nitrogens with zero attached hydrogens (tertiary/aromatic N) is 2. The van der Waals surface area contributed by atoms with Crippen LogP contribution in [0.2, 0.25) is 0 Å². The third-order valence-electron chi connectivity index (χ3n) is 1.93. The topological polar surface area (TPSA) is 44.1 Å². The SMILES string of the molecule is CN(C(=O)CCl)c1ccc(F)cc1C#N. The van der Waals surface area contributed by atoms with E-state index in [9.17, 15) is 9.18 Å². The van der Waals surface area contributed by atoms with Crippen molar-refractivity contribution in [1.82, 2.24) is 0 Å². The molecular formula is C10H8ClFN2O. The molecule has 1 amide bonds. The molecule has 0 atom stereocenters. The Balaban J connectivity index is 3.15. The highest BCUT2D eigenvalue weighted by atomic mass is 35.5. The van der Waals surface area contributed by atoms with Crippen LogP contribution >= 0.6 is 11.6 Å². The maximum atomic E-state index is 12.8. The number of alkyl halides is 1. The summed E-state index contributed by atoms with van der Waals surface area (Å²) in [4.78, 5) is 12.5. The van der Waals surface area contributed by atoms with Crippen LogP contribution in [0.4, 0.5) is 10.1 Å². The van der Waals surface area contributed by atoms with Crippen molar-refractivity contribution in [2.45, 2.75) is 0 Å². The van der Waals surface area contributed by atoms with E-state index in [0.29, 0.717) is 5.69 Å². The summed E-state index contributed by atoms with van der Waals surface area (Å²) in [6.45, 7) is 0. The number of rotatable bonds is 2. The van der Waals surface area contributed by atoms with Gasteiger partial charge in [0, 0.05) is 7.05 Å². The Morgan fingerprint density at radius 3 is 2.87 bits per heavy atom. The summed E-state index contributed by atoms with van der Waals surface area (Å²) in [6.07, 6.45) is 0. The van der Waals surface area contributed by atoms with Gasteiger partial charge in [-0.3, -0.25) is 4.79 Å². The first-order chi connectivity index (χ1) is 7.10. The second kappa shape index (κ2) is 4.76. The highest BCUT2D eigenvalue weighted by Gasteiger charge is 2.13. The third kappa shape index (κ3) is 2.45. The van der Waals surface area contributed by atoms with Crippen LogP contribution in [0, 0.1) is 17.1 Å². The first-order valence-electron chi connectivity index (χ1n) is 4.12. The van der Waals surface area contributed by atoms with E-state index in [1.54, 1.807) is 0 Å². The molecule has 0 saturated carbocycles. The fourth-order valence-electron chi connectivity index (χ4n) is 1.11. The summed E-state index contributed by atoms with van der Waals surface area (Å²) in [5.41, 5.74) is 0.459. The fourth-order valence-corrected chi connectivity index (χ4v) is 1.29. The molecular weight excluding hydrogens is 219 g/mol. The molecule has 0 aliphatic heterocycles. The molecule has 0 aliphatic carbocycles. The van der Waals surface area contributed by atoms with E-state index >= 15 is 0 Å². The van der Waals surface area contributed by atoms with Gasteiger partial charge >= 0.3 is 0 Å². The van der Waals surface area contributed by atoms with Crippen molar-refractivity contribution in [3.8, 4) is 6.07 Å². The molecule has 78 valence electrons. The molecule has 0 unspecified atom stereocenters. The van der Waals surface area contributed by atoms with Crippen LogP contribution in [0.1, 0.15) is 5.56 Å². The van der Waals surface area contributed by atoms with Crippen molar-refractivity contribution in [1.29, 1.82) is 5.26 Å². The van der Waals surface area contributed by atoms with Crippen molar-refractivity contribution in [2.24, 2.45) is 0 Å². The van der Waals surface area contributed by atoms with Crippen molar-refractivity contribution in [3.05, 3.63) is 29.6 Å². The number of halogens is 2. The van der Waals surface area contributed by atoms with Crippen molar-refractivity contribution >= 4 is 23.2 Å². The van der Waals surface area contributed by atoms with Crippen molar-refractivity contribution in [2.75, 3.05) is 17.8 Å². The highest BCUT2D eigenvalue weighted by molar-refractivity contribution is 6.29. The number of hydrogen-bond acceptors (Lipinski definition) is 2. The lowest BCUT2D eigenvalue weighted by Crippen LogP contribution is -2.27. The number of carbonyl (C=O) groups is 1. The van der Waals surface area contributed by atoms with Gasteiger partial charge in [-0.05, 0) is 18.2 Å². The Bertz CT molecular complexity index is 428. The number of amides is 1. The summed E-state index contributed by atoms with van der Waals surface area (Å²) in [5, 5.41) is 8.76. The lowest BCUT2D eigenvalue weighted by Gasteiger charge is -2.17. The Labute approximate surface area is 91.7 Å². The van der Waals surface area contributed by atoms with E-state index in [1.807, 2.05) is 6.07 Å². The summed E-state index contributed by atoms with van der Waals surface area (Å²) in [5.74, 6) is -1.04. The molecule has 1 rings (SSSR count). The zero-order valence-electron chi connectivity index (χ0n) is 8.00. The van der Waals surface area contributed by atoms with E-state index < -0.39 is 5.82 Å². The van der Waals surface area contributed by atoms with Gasteiger partial charge in [-0.2, -0.15) is 5.26 Å². The quantitative estimate of drug-likeness (QED) is 0.723. The average Bonchev–Trinajstić information content (AvgIpc) is 2.26. The van der Waals surface area contributed by atoms with Crippen LogP contribution in [0.15, 0.2) is 18.2 Å². The summed E-state index contributed by atoms with van der Waals surface area (Å²) in [7, 11) is 1.48. The van der Waals surface area contributed by atoms with Crippen LogP contribution in [-0.2, 0) is 4.79 Å². The van der Waals surface area contributed by atoms with Crippen LogP contribution in [0.25, 0.3) is 0 Å². The number of nitriles is 1. The van der Waals surface area contributed by atoms with E-state index in [2.05, 4.69) is 0 Å². The van der Waals surface area contributed by atoms with Gasteiger partial charge in [-0.1, -0.05) is 0 Å². The Kier molecular flexibility index (Phi) is 3.64. The lowest BCUT2D eigenvalue weighted by molar-refractivity contribution is -0.116. The maximum Gasteiger partial charge on any atom is 0.241 e. The predicted molar refractivity (Wildman–Crippen MR) is 55.2 cm³/mol. The average molecular weight is 227 g/mol. The highest BCUT2D eigenvalue weighted by Crippen LogP contribution is 2.20. The number of carbonyl (C=O) groups excluding carboxylic acids is 1. The molecule has 0 saturated heterocycles. The summed E-state index contributed by atoms with van der Waals surface area (Å²) >= 11 is 5.38. The van der Waals surface area contributed by atoms with Gasteiger partial charge in [0.25, 0.3) is 0 Å². The molecule has 3 nitrogen and oxygen atoms in total. The normalized spacial score (nSPS) is 9.47. The minimum absolute atomic E-state index is 0.107. The molecule has 0 fully saturated rings. The molecule has 0 N–H and O–H groups in total. The first kappa shape index (κ1) is 11.5. The second-order valence-corrected chi connectivity index (χ2v) is 3.13. The molecule has 1 aromatic carbocycles. The van der Waals surface area contributed by atoms with Gasteiger partial charge < -0.3 is 4.90 Å². The fraction of sp³-hybridized carbons (Fsp3) is 0.200.